The van der Waals surface area contributed by atoms with E-state index in [0.717, 1.165) is 35.9 Å². The van der Waals surface area contributed by atoms with Crippen molar-refractivity contribution in [3.63, 3.8) is 0 Å². The first-order valence-corrected chi connectivity index (χ1v) is 12.1. The number of benzene rings is 1. The minimum Gasteiger partial charge on any atom is -0.356 e. The van der Waals surface area contributed by atoms with Crippen molar-refractivity contribution in [3.8, 4) is 0 Å². The molecule has 1 atom stereocenters. The number of rotatable bonds is 5. The number of fused-ring (bicyclic) bond motifs is 2. The molecule has 1 fully saturated rings. The number of aromatic amines is 1. The number of H-pyrrole nitrogens is 1. The molecule has 1 aromatic carbocycles. The zero-order valence-electron chi connectivity index (χ0n) is 19.6. The van der Waals surface area contributed by atoms with E-state index in [-0.39, 0.29) is 30.1 Å². The first-order valence-electron chi connectivity index (χ1n) is 12.1. The second-order valence-electron chi connectivity index (χ2n) is 9.22. The summed E-state index contributed by atoms with van der Waals surface area (Å²) in [5.74, 6) is 0.447. The molecule has 3 aromatic heterocycles. The molecule has 0 bridgehead atoms. The lowest BCUT2D eigenvalue weighted by Gasteiger charge is -2.33. The van der Waals surface area contributed by atoms with E-state index < -0.39 is 0 Å². The van der Waals surface area contributed by atoms with Gasteiger partial charge in [-0.1, -0.05) is 18.2 Å². The minimum atomic E-state index is -0.233. The van der Waals surface area contributed by atoms with E-state index in [0.29, 0.717) is 36.7 Å². The summed E-state index contributed by atoms with van der Waals surface area (Å²) >= 11 is 0. The smallest absolute Gasteiger partial charge is 0.327 e. The summed E-state index contributed by atoms with van der Waals surface area (Å²) in [7, 11) is 0. The van der Waals surface area contributed by atoms with Crippen LogP contribution in [0, 0.1) is 0 Å². The quantitative estimate of drug-likeness (QED) is 0.434. The standard InChI is InChI=1S/C26H25N7O3/c34-13-9-19-14-17-4-1-2-5-21(17)32(19)25(35)20-15-23(29-16-28-20)31-11-7-18(8-12-31)33-22-6-3-10-27-24(22)30-26(33)36/h1-6,10,13,15-16,18-19H,7-9,11-12,14H2,(H,27,30,36). The number of piperidine rings is 1. The molecule has 5 heterocycles. The van der Waals surface area contributed by atoms with Crippen LogP contribution in [-0.2, 0) is 11.2 Å². The summed E-state index contributed by atoms with van der Waals surface area (Å²) in [5, 5.41) is 0. The third-order valence-corrected chi connectivity index (χ3v) is 7.17. The molecule has 6 rings (SSSR count). The third-order valence-electron chi connectivity index (χ3n) is 7.17. The number of nitrogens with zero attached hydrogens (tertiary/aromatic N) is 6. The van der Waals surface area contributed by atoms with Gasteiger partial charge in [0.2, 0.25) is 0 Å². The minimum absolute atomic E-state index is 0.0554. The number of para-hydroxylation sites is 1. The number of nitrogens with one attached hydrogen (secondary N) is 1. The van der Waals surface area contributed by atoms with Gasteiger partial charge in [0.05, 0.1) is 5.52 Å². The summed E-state index contributed by atoms with van der Waals surface area (Å²) in [6.07, 6.45) is 6.39. The number of amides is 1. The van der Waals surface area contributed by atoms with E-state index in [9.17, 15) is 14.4 Å². The fourth-order valence-corrected chi connectivity index (χ4v) is 5.47. The molecule has 4 aromatic rings. The summed E-state index contributed by atoms with van der Waals surface area (Å²) in [5.41, 5.74) is 3.44. The van der Waals surface area contributed by atoms with Crippen molar-refractivity contribution in [1.29, 1.82) is 0 Å². The molecule has 10 heteroatoms. The second-order valence-corrected chi connectivity index (χ2v) is 9.22. The Morgan fingerprint density at radius 3 is 2.75 bits per heavy atom. The van der Waals surface area contributed by atoms with Crippen LogP contribution in [0.2, 0.25) is 0 Å². The van der Waals surface area contributed by atoms with Crippen molar-refractivity contribution in [2.45, 2.75) is 37.8 Å². The highest BCUT2D eigenvalue weighted by atomic mass is 16.2. The molecule has 0 aliphatic carbocycles. The van der Waals surface area contributed by atoms with Crippen LogP contribution in [0.15, 0.2) is 59.8 Å². The maximum Gasteiger partial charge on any atom is 0.327 e. The maximum absolute atomic E-state index is 13.6. The van der Waals surface area contributed by atoms with Crippen LogP contribution in [0.4, 0.5) is 11.5 Å². The predicted molar refractivity (Wildman–Crippen MR) is 134 cm³/mol. The van der Waals surface area contributed by atoms with E-state index in [1.54, 1.807) is 21.7 Å². The molecule has 1 saturated heterocycles. The topological polar surface area (TPSA) is 117 Å². The van der Waals surface area contributed by atoms with E-state index in [4.69, 9.17) is 0 Å². The van der Waals surface area contributed by atoms with Crippen molar-refractivity contribution in [3.05, 3.63) is 76.7 Å². The molecule has 2 aliphatic heterocycles. The van der Waals surface area contributed by atoms with Crippen molar-refractivity contribution in [2.75, 3.05) is 22.9 Å². The molecule has 10 nitrogen and oxygen atoms in total. The van der Waals surface area contributed by atoms with Gasteiger partial charge in [-0.25, -0.2) is 19.7 Å². The predicted octanol–water partition coefficient (Wildman–Crippen LogP) is 2.52. The molecule has 0 saturated carbocycles. The van der Waals surface area contributed by atoms with E-state index in [1.165, 1.54) is 6.33 Å². The largest absolute Gasteiger partial charge is 0.356 e. The van der Waals surface area contributed by atoms with Gasteiger partial charge in [-0.05, 0) is 43.0 Å². The number of pyridine rings is 1. The number of aromatic nitrogens is 5. The van der Waals surface area contributed by atoms with Crippen molar-refractivity contribution >= 4 is 34.9 Å². The zero-order chi connectivity index (χ0) is 24.6. The second kappa shape index (κ2) is 9.03. The van der Waals surface area contributed by atoms with E-state index in [1.807, 2.05) is 36.4 Å². The van der Waals surface area contributed by atoms with Crippen LogP contribution in [0.3, 0.4) is 0 Å². The lowest BCUT2D eigenvalue weighted by Crippen LogP contribution is -2.39. The SMILES string of the molecule is O=CCC1Cc2ccccc2N1C(=O)c1cc(N2CCC(n3c(=O)[nH]c4ncccc43)CC2)ncn1. The summed E-state index contributed by atoms with van der Waals surface area (Å²) in [4.78, 5) is 57.0. The first-order chi connectivity index (χ1) is 17.6. The van der Waals surface area contributed by atoms with Crippen LogP contribution < -0.4 is 15.5 Å². The lowest BCUT2D eigenvalue weighted by atomic mass is 10.0. The van der Waals surface area contributed by atoms with Crippen molar-refractivity contribution in [1.82, 2.24) is 24.5 Å². The van der Waals surface area contributed by atoms with Crippen LogP contribution >= 0.6 is 0 Å². The number of hydrogen-bond donors (Lipinski definition) is 1. The fraction of sp³-hybridized carbons (Fsp3) is 0.308. The zero-order valence-corrected chi connectivity index (χ0v) is 19.6. The Morgan fingerprint density at radius 2 is 1.92 bits per heavy atom. The van der Waals surface area contributed by atoms with Gasteiger partial charge < -0.3 is 14.6 Å². The Labute approximate surface area is 206 Å². The highest BCUT2D eigenvalue weighted by molar-refractivity contribution is 6.07. The summed E-state index contributed by atoms with van der Waals surface area (Å²) in [6.45, 7) is 1.38. The van der Waals surface area contributed by atoms with Crippen LogP contribution in [0.25, 0.3) is 11.2 Å². The average Bonchev–Trinajstić information content (AvgIpc) is 3.45. The van der Waals surface area contributed by atoms with Crippen molar-refractivity contribution < 1.29 is 9.59 Å². The Bertz CT molecular complexity index is 1500. The normalized spacial score (nSPS) is 17.9. The molecule has 182 valence electrons. The highest BCUT2D eigenvalue weighted by Gasteiger charge is 2.35. The van der Waals surface area contributed by atoms with Crippen LogP contribution in [-0.4, -0.2) is 55.8 Å². The van der Waals surface area contributed by atoms with E-state index in [2.05, 4.69) is 24.8 Å². The van der Waals surface area contributed by atoms with Gasteiger partial charge in [-0.2, -0.15) is 0 Å². The van der Waals surface area contributed by atoms with Gasteiger partial charge in [0.15, 0.2) is 5.65 Å². The monoisotopic (exact) mass is 483 g/mol. The van der Waals surface area contributed by atoms with E-state index >= 15 is 0 Å². The Balaban J connectivity index is 1.21. The summed E-state index contributed by atoms with van der Waals surface area (Å²) in [6, 6.07) is 13.0. The first kappa shape index (κ1) is 22.1. The maximum atomic E-state index is 13.6. The molecule has 1 amide bonds. The molecule has 0 spiro atoms. The highest BCUT2D eigenvalue weighted by Crippen LogP contribution is 2.34. The molecule has 1 N–H and O–H groups in total. The molecule has 36 heavy (non-hydrogen) atoms. The third kappa shape index (κ3) is 3.74. The van der Waals surface area contributed by atoms with Gasteiger partial charge >= 0.3 is 5.69 Å². The number of anilines is 2. The Kier molecular flexibility index (Phi) is 5.55. The molecular weight excluding hydrogens is 458 g/mol. The number of carbonyl (C=O) groups is 2. The fourth-order valence-electron chi connectivity index (χ4n) is 5.47. The number of imidazole rings is 1. The van der Waals surface area contributed by atoms with Gasteiger partial charge in [-0.3, -0.25) is 14.3 Å². The van der Waals surface area contributed by atoms with Crippen LogP contribution in [0.5, 0.6) is 0 Å². The molecule has 2 aliphatic rings. The van der Waals surface area contributed by atoms with Gasteiger partial charge in [0.1, 0.15) is 24.1 Å². The van der Waals surface area contributed by atoms with Gasteiger partial charge in [0, 0.05) is 49.5 Å². The molecule has 0 radical (unpaired) electrons. The number of carbonyl (C=O) groups excluding carboxylic acids is 2. The average molecular weight is 484 g/mol. The molecular formula is C26H25N7O3. The van der Waals surface area contributed by atoms with Crippen LogP contribution in [0.1, 0.15) is 41.4 Å². The Morgan fingerprint density at radius 1 is 1.08 bits per heavy atom. The van der Waals surface area contributed by atoms with Gasteiger partial charge in [-0.15, -0.1) is 0 Å². The Hall–Kier alpha value is -4.34. The number of hydrogen-bond acceptors (Lipinski definition) is 7. The number of aldehydes is 1. The summed E-state index contributed by atoms with van der Waals surface area (Å²) < 4.78 is 1.80. The van der Waals surface area contributed by atoms with Gasteiger partial charge in [0.25, 0.3) is 5.91 Å². The lowest BCUT2D eigenvalue weighted by molar-refractivity contribution is -0.108. The van der Waals surface area contributed by atoms with Crippen molar-refractivity contribution in [2.24, 2.45) is 0 Å². The molecule has 1 unspecified atom stereocenters.